The highest BCUT2D eigenvalue weighted by Crippen LogP contribution is 2.02. The van der Waals surface area contributed by atoms with E-state index in [2.05, 4.69) is 5.32 Å². The van der Waals surface area contributed by atoms with Crippen LogP contribution in [-0.4, -0.2) is 36.4 Å². The molecular formula is C13H17NO5. The van der Waals surface area contributed by atoms with Crippen molar-refractivity contribution in [3.05, 3.63) is 35.9 Å². The maximum absolute atomic E-state index is 11.5. The number of ether oxygens (including phenoxy) is 2. The molecule has 19 heavy (non-hydrogen) atoms. The predicted octanol–water partition coefficient (Wildman–Crippen LogP) is 1.40. The van der Waals surface area contributed by atoms with Crippen molar-refractivity contribution in [1.29, 1.82) is 0 Å². The van der Waals surface area contributed by atoms with Gasteiger partial charge in [-0.1, -0.05) is 30.3 Å². The number of carboxylic acids is 1. The van der Waals surface area contributed by atoms with Crippen LogP contribution in [0.1, 0.15) is 12.5 Å². The molecule has 1 aromatic carbocycles. The van der Waals surface area contributed by atoms with Crippen molar-refractivity contribution in [3.8, 4) is 0 Å². The number of nitrogens with one attached hydrogen (secondary N) is 1. The lowest BCUT2D eigenvalue weighted by Gasteiger charge is -2.19. The van der Waals surface area contributed by atoms with Gasteiger partial charge in [-0.2, -0.15) is 0 Å². The van der Waals surface area contributed by atoms with Crippen LogP contribution in [0.3, 0.4) is 0 Å². The third kappa shape index (κ3) is 4.97. The average molecular weight is 267 g/mol. The van der Waals surface area contributed by atoms with Crippen LogP contribution in [0.2, 0.25) is 0 Å². The summed E-state index contributed by atoms with van der Waals surface area (Å²) in [5.41, 5.74) is 0.823. The normalized spacial score (nSPS) is 13.4. The Morgan fingerprint density at radius 3 is 2.47 bits per heavy atom. The van der Waals surface area contributed by atoms with Gasteiger partial charge in [0.15, 0.2) is 6.04 Å². The van der Waals surface area contributed by atoms with Crippen molar-refractivity contribution in [2.24, 2.45) is 0 Å². The molecule has 0 bridgehead atoms. The van der Waals surface area contributed by atoms with E-state index >= 15 is 0 Å². The summed E-state index contributed by atoms with van der Waals surface area (Å²) in [4.78, 5) is 22.5. The van der Waals surface area contributed by atoms with Gasteiger partial charge < -0.3 is 19.9 Å². The third-order valence-electron chi connectivity index (χ3n) is 2.59. The maximum Gasteiger partial charge on any atom is 0.408 e. The van der Waals surface area contributed by atoms with E-state index < -0.39 is 24.2 Å². The molecule has 0 aliphatic carbocycles. The number of hydrogen-bond acceptors (Lipinski definition) is 4. The number of rotatable bonds is 6. The number of carboxylic acid groups (broad SMARTS) is 1. The zero-order valence-electron chi connectivity index (χ0n) is 10.8. The molecule has 0 radical (unpaired) electrons. The topological polar surface area (TPSA) is 84.9 Å². The zero-order valence-corrected chi connectivity index (χ0v) is 10.8. The van der Waals surface area contributed by atoms with E-state index in [1.54, 1.807) is 19.1 Å². The van der Waals surface area contributed by atoms with Crippen LogP contribution in [0, 0.1) is 0 Å². The van der Waals surface area contributed by atoms with Crippen LogP contribution in [0.15, 0.2) is 30.3 Å². The first-order valence-corrected chi connectivity index (χ1v) is 5.77. The van der Waals surface area contributed by atoms with Gasteiger partial charge in [0.05, 0.1) is 6.10 Å². The number of benzene rings is 1. The van der Waals surface area contributed by atoms with Crippen LogP contribution < -0.4 is 5.32 Å². The SMILES string of the molecule is CO[C@H](C)[C@H](NC(=O)OCc1ccccc1)C(=O)O. The first kappa shape index (κ1) is 15.0. The number of amides is 1. The molecule has 0 unspecified atom stereocenters. The minimum Gasteiger partial charge on any atom is -0.480 e. The van der Waals surface area contributed by atoms with E-state index in [1.165, 1.54) is 7.11 Å². The molecule has 2 atom stereocenters. The molecule has 0 aliphatic rings. The van der Waals surface area contributed by atoms with Crippen molar-refractivity contribution in [2.75, 3.05) is 7.11 Å². The molecule has 0 fully saturated rings. The Labute approximate surface area is 111 Å². The first-order chi connectivity index (χ1) is 9.04. The number of carbonyl (C=O) groups is 2. The number of hydrogen-bond donors (Lipinski definition) is 2. The van der Waals surface area contributed by atoms with Gasteiger partial charge in [-0.25, -0.2) is 9.59 Å². The maximum atomic E-state index is 11.5. The lowest BCUT2D eigenvalue weighted by Crippen LogP contribution is -2.48. The van der Waals surface area contributed by atoms with E-state index in [1.807, 2.05) is 18.2 Å². The Morgan fingerprint density at radius 2 is 1.95 bits per heavy atom. The summed E-state index contributed by atoms with van der Waals surface area (Å²) in [6, 6.07) is 7.96. The Balaban J connectivity index is 2.47. The Hall–Kier alpha value is -2.08. The molecule has 0 heterocycles. The molecular weight excluding hydrogens is 250 g/mol. The summed E-state index contributed by atoms with van der Waals surface area (Å²) in [5, 5.41) is 11.2. The summed E-state index contributed by atoms with van der Waals surface area (Å²) >= 11 is 0. The lowest BCUT2D eigenvalue weighted by atomic mass is 10.2. The summed E-state index contributed by atoms with van der Waals surface area (Å²) < 4.78 is 9.82. The van der Waals surface area contributed by atoms with Gasteiger partial charge in [-0.05, 0) is 12.5 Å². The Morgan fingerprint density at radius 1 is 1.32 bits per heavy atom. The number of alkyl carbamates (subject to hydrolysis) is 1. The molecule has 104 valence electrons. The summed E-state index contributed by atoms with van der Waals surface area (Å²) in [6.07, 6.45) is -1.44. The van der Waals surface area contributed by atoms with Gasteiger partial charge in [0.1, 0.15) is 6.61 Å². The van der Waals surface area contributed by atoms with Gasteiger partial charge >= 0.3 is 12.1 Å². The quantitative estimate of drug-likeness (QED) is 0.813. The molecule has 1 rings (SSSR count). The minimum absolute atomic E-state index is 0.0837. The molecule has 1 amide bonds. The average Bonchev–Trinajstić information content (AvgIpc) is 2.42. The second-order valence-electron chi connectivity index (χ2n) is 3.96. The Kier molecular flexibility index (Phi) is 5.81. The van der Waals surface area contributed by atoms with Crippen LogP contribution in [-0.2, 0) is 20.9 Å². The van der Waals surface area contributed by atoms with Gasteiger partial charge in [-0.15, -0.1) is 0 Å². The fourth-order valence-corrected chi connectivity index (χ4v) is 1.41. The van der Waals surface area contributed by atoms with Crippen molar-refractivity contribution >= 4 is 12.1 Å². The van der Waals surface area contributed by atoms with Crippen molar-refractivity contribution in [3.63, 3.8) is 0 Å². The number of carbonyl (C=O) groups excluding carboxylic acids is 1. The van der Waals surface area contributed by atoms with Crippen LogP contribution in [0.4, 0.5) is 4.79 Å². The molecule has 2 N–H and O–H groups in total. The highest BCUT2D eigenvalue weighted by Gasteiger charge is 2.27. The van der Waals surface area contributed by atoms with Crippen molar-refractivity contribution in [1.82, 2.24) is 5.32 Å². The molecule has 1 aromatic rings. The highest BCUT2D eigenvalue weighted by atomic mass is 16.5. The minimum atomic E-state index is -1.17. The molecule has 0 aliphatic heterocycles. The largest absolute Gasteiger partial charge is 0.480 e. The fraction of sp³-hybridized carbons (Fsp3) is 0.385. The highest BCUT2D eigenvalue weighted by molar-refractivity contribution is 5.80. The number of aliphatic carboxylic acids is 1. The second kappa shape index (κ2) is 7.38. The molecule has 0 spiro atoms. The predicted molar refractivity (Wildman–Crippen MR) is 67.7 cm³/mol. The first-order valence-electron chi connectivity index (χ1n) is 5.77. The molecule has 0 saturated carbocycles. The van der Waals surface area contributed by atoms with E-state index in [0.717, 1.165) is 5.56 Å². The summed E-state index contributed by atoms with van der Waals surface area (Å²) in [6.45, 7) is 1.64. The fourth-order valence-electron chi connectivity index (χ4n) is 1.41. The molecule has 0 aromatic heterocycles. The van der Waals surface area contributed by atoms with E-state index in [-0.39, 0.29) is 6.61 Å². The van der Waals surface area contributed by atoms with Gasteiger partial charge in [-0.3, -0.25) is 0 Å². The van der Waals surface area contributed by atoms with Crippen LogP contribution >= 0.6 is 0 Å². The molecule has 6 heteroatoms. The van der Waals surface area contributed by atoms with Gasteiger partial charge in [0.2, 0.25) is 0 Å². The monoisotopic (exact) mass is 267 g/mol. The zero-order chi connectivity index (χ0) is 14.3. The van der Waals surface area contributed by atoms with E-state index in [0.29, 0.717) is 0 Å². The molecule has 0 saturated heterocycles. The van der Waals surface area contributed by atoms with E-state index in [4.69, 9.17) is 14.6 Å². The van der Waals surface area contributed by atoms with Crippen molar-refractivity contribution in [2.45, 2.75) is 25.7 Å². The van der Waals surface area contributed by atoms with Gasteiger partial charge in [0.25, 0.3) is 0 Å². The number of methoxy groups -OCH3 is 1. The van der Waals surface area contributed by atoms with Crippen LogP contribution in [0.5, 0.6) is 0 Å². The lowest BCUT2D eigenvalue weighted by molar-refractivity contribution is -0.142. The standard InChI is InChI=1S/C13H17NO5/c1-9(18-2)11(12(15)16)14-13(17)19-8-10-6-4-3-5-7-10/h3-7,9,11H,8H2,1-2H3,(H,14,17)(H,15,16)/t9-,11+/m1/s1. The summed E-state index contributed by atoms with van der Waals surface area (Å²) in [7, 11) is 1.37. The van der Waals surface area contributed by atoms with Gasteiger partial charge in [0, 0.05) is 7.11 Å². The van der Waals surface area contributed by atoms with Crippen LogP contribution in [0.25, 0.3) is 0 Å². The molecule has 6 nitrogen and oxygen atoms in total. The summed E-state index contributed by atoms with van der Waals surface area (Å²) in [5.74, 6) is -1.17. The third-order valence-corrected chi connectivity index (χ3v) is 2.59. The Bertz CT molecular complexity index is 420. The van der Waals surface area contributed by atoms with E-state index in [9.17, 15) is 9.59 Å². The smallest absolute Gasteiger partial charge is 0.408 e. The van der Waals surface area contributed by atoms with Crippen molar-refractivity contribution < 1.29 is 24.2 Å². The second-order valence-corrected chi connectivity index (χ2v) is 3.96.